The van der Waals surface area contributed by atoms with Gasteiger partial charge in [0, 0.05) is 24.5 Å². The van der Waals surface area contributed by atoms with Crippen molar-refractivity contribution in [2.45, 2.75) is 12.8 Å². The van der Waals surface area contributed by atoms with Crippen LogP contribution in [-0.2, 0) is 0 Å². The summed E-state index contributed by atoms with van der Waals surface area (Å²) >= 11 is 4.33. The van der Waals surface area contributed by atoms with Crippen molar-refractivity contribution in [2.75, 3.05) is 19.6 Å². The van der Waals surface area contributed by atoms with Gasteiger partial charge in [0.25, 0.3) is 0 Å². The standard InChI is InChI=1S/C11H16N2S/c1-10-9-12(7-8-13(10)14)11-5-3-2-4-6-11/h3,5-6,14H,1-2,4,7-9H2. The molecule has 0 atom stereocenters. The smallest absolute Gasteiger partial charge is 0.0581 e. The minimum absolute atomic E-state index is 0.902. The average molecular weight is 208 g/mol. The van der Waals surface area contributed by atoms with Crippen LogP contribution < -0.4 is 0 Å². The molecule has 0 aromatic rings. The number of rotatable bonds is 1. The molecule has 1 aliphatic carbocycles. The summed E-state index contributed by atoms with van der Waals surface area (Å²) < 4.78 is 1.93. The van der Waals surface area contributed by atoms with Crippen LogP contribution in [0.25, 0.3) is 0 Å². The molecule has 1 saturated heterocycles. The van der Waals surface area contributed by atoms with E-state index in [4.69, 9.17) is 0 Å². The van der Waals surface area contributed by atoms with Crippen molar-refractivity contribution < 1.29 is 0 Å². The zero-order valence-corrected chi connectivity index (χ0v) is 9.21. The van der Waals surface area contributed by atoms with E-state index >= 15 is 0 Å². The molecule has 0 amide bonds. The van der Waals surface area contributed by atoms with Gasteiger partial charge < -0.3 is 9.21 Å². The maximum atomic E-state index is 4.33. The summed E-state index contributed by atoms with van der Waals surface area (Å²) in [5.41, 5.74) is 2.43. The van der Waals surface area contributed by atoms with Crippen LogP contribution >= 0.6 is 12.8 Å². The fourth-order valence-electron chi connectivity index (χ4n) is 1.81. The van der Waals surface area contributed by atoms with Crippen LogP contribution in [0.4, 0.5) is 0 Å². The second kappa shape index (κ2) is 4.13. The minimum Gasteiger partial charge on any atom is -0.364 e. The summed E-state index contributed by atoms with van der Waals surface area (Å²) in [7, 11) is 0. The average Bonchev–Trinajstić information content (AvgIpc) is 2.23. The van der Waals surface area contributed by atoms with Crippen LogP contribution in [0.5, 0.6) is 0 Å². The number of allylic oxidation sites excluding steroid dienone is 3. The molecular weight excluding hydrogens is 192 g/mol. The highest BCUT2D eigenvalue weighted by Crippen LogP contribution is 2.20. The van der Waals surface area contributed by atoms with Gasteiger partial charge >= 0.3 is 0 Å². The Morgan fingerprint density at radius 2 is 2.14 bits per heavy atom. The highest BCUT2D eigenvalue weighted by molar-refractivity contribution is 7.77. The second-order valence-corrected chi connectivity index (χ2v) is 4.20. The van der Waals surface area contributed by atoms with Gasteiger partial charge in [0.15, 0.2) is 0 Å². The first kappa shape index (κ1) is 9.71. The number of piperazine rings is 1. The fraction of sp³-hybridized carbons (Fsp3) is 0.455. The van der Waals surface area contributed by atoms with Crippen molar-refractivity contribution in [3.05, 3.63) is 36.2 Å². The zero-order chi connectivity index (χ0) is 9.97. The molecule has 0 N–H and O–H groups in total. The van der Waals surface area contributed by atoms with E-state index in [1.165, 1.54) is 18.5 Å². The topological polar surface area (TPSA) is 6.48 Å². The van der Waals surface area contributed by atoms with Gasteiger partial charge in [-0.1, -0.05) is 31.5 Å². The highest BCUT2D eigenvalue weighted by Gasteiger charge is 2.18. The lowest BCUT2D eigenvalue weighted by molar-refractivity contribution is 0.291. The van der Waals surface area contributed by atoms with Crippen LogP contribution in [0, 0.1) is 0 Å². The van der Waals surface area contributed by atoms with Crippen molar-refractivity contribution in [1.82, 2.24) is 9.21 Å². The Morgan fingerprint density at radius 3 is 2.79 bits per heavy atom. The van der Waals surface area contributed by atoms with E-state index in [1.807, 2.05) is 4.31 Å². The SMILES string of the molecule is C=C1CN(C2=CCCC=C2)CCN1S. The quantitative estimate of drug-likeness (QED) is 0.660. The van der Waals surface area contributed by atoms with E-state index in [2.05, 4.69) is 42.5 Å². The summed E-state index contributed by atoms with van der Waals surface area (Å²) in [4.78, 5) is 2.37. The van der Waals surface area contributed by atoms with Crippen LogP contribution in [0.15, 0.2) is 36.2 Å². The molecule has 0 aromatic carbocycles. The summed E-state index contributed by atoms with van der Waals surface area (Å²) in [5.74, 6) is 0. The lowest BCUT2D eigenvalue weighted by Gasteiger charge is -2.36. The summed E-state index contributed by atoms with van der Waals surface area (Å²) in [6.07, 6.45) is 9.11. The van der Waals surface area contributed by atoms with Crippen LogP contribution in [0.2, 0.25) is 0 Å². The number of hydrogen-bond acceptors (Lipinski definition) is 3. The second-order valence-electron chi connectivity index (χ2n) is 3.72. The van der Waals surface area contributed by atoms with Crippen molar-refractivity contribution in [1.29, 1.82) is 0 Å². The maximum absolute atomic E-state index is 4.33. The van der Waals surface area contributed by atoms with Gasteiger partial charge in [-0.15, -0.1) is 0 Å². The van der Waals surface area contributed by atoms with Crippen molar-refractivity contribution in [3.8, 4) is 0 Å². The molecule has 2 nitrogen and oxygen atoms in total. The molecule has 76 valence electrons. The lowest BCUT2D eigenvalue weighted by Crippen LogP contribution is -2.39. The summed E-state index contributed by atoms with van der Waals surface area (Å²) in [6.45, 7) is 6.89. The van der Waals surface area contributed by atoms with E-state index in [0.29, 0.717) is 0 Å². The molecular formula is C11H16N2S. The van der Waals surface area contributed by atoms with E-state index in [1.54, 1.807) is 0 Å². The molecule has 0 aromatic heterocycles. The Labute approximate surface area is 91.1 Å². The van der Waals surface area contributed by atoms with E-state index in [0.717, 1.165) is 25.3 Å². The van der Waals surface area contributed by atoms with E-state index in [-0.39, 0.29) is 0 Å². The van der Waals surface area contributed by atoms with Gasteiger partial charge in [-0.2, -0.15) is 0 Å². The van der Waals surface area contributed by atoms with Gasteiger partial charge in [0.05, 0.1) is 6.54 Å². The Balaban J connectivity index is 2.02. The van der Waals surface area contributed by atoms with Crippen molar-refractivity contribution in [2.24, 2.45) is 0 Å². The van der Waals surface area contributed by atoms with Crippen LogP contribution in [-0.4, -0.2) is 28.8 Å². The van der Waals surface area contributed by atoms with Crippen LogP contribution in [0.3, 0.4) is 0 Å². The predicted molar refractivity (Wildman–Crippen MR) is 62.9 cm³/mol. The first-order valence-electron chi connectivity index (χ1n) is 5.03. The number of hydrogen-bond donors (Lipinski definition) is 1. The number of thiol groups is 1. The zero-order valence-electron chi connectivity index (χ0n) is 8.32. The molecule has 0 spiro atoms. The Kier molecular flexibility index (Phi) is 2.87. The highest BCUT2D eigenvalue weighted by atomic mass is 32.1. The van der Waals surface area contributed by atoms with Crippen LogP contribution in [0.1, 0.15) is 12.8 Å². The van der Waals surface area contributed by atoms with Gasteiger partial charge in [-0.05, 0) is 18.9 Å². The fourth-order valence-corrected chi connectivity index (χ4v) is 1.96. The molecule has 2 rings (SSSR count). The van der Waals surface area contributed by atoms with Crippen molar-refractivity contribution in [3.63, 3.8) is 0 Å². The molecule has 2 aliphatic rings. The molecule has 0 unspecified atom stereocenters. The molecule has 0 radical (unpaired) electrons. The Bertz CT molecular complexity index is 294. The van der Waals surface area contributed by atoms with Gasteiger partial charge in [0.2, 0.25) is 0 Å². The maximum Gasteiger partial charge on any atom is 0.0581 e. The summed E-state index contributed by atoms with van der Waals surface area (Å²) in [6, 6.07) is 0. The van der Waals surface area contributed by atoms with Gasteiger partial charge in [-0.3, -0.25) is 0 Å². The third-order valence-corrected chi connectivity index (χ3v) is 3.14. The monoisotopic (exact) mass is 208 g/mol. The molecule has 0 saturated carbocycles. The minimum atomic E-state index is 0.902. The molecule has 3 heteroatoms. The first-order valence-corrected chi connectivity index (χ1v) is 5.43. The molecule has 1 aliphatic heterocycles. The van der Waals surface area contributed by atoms with Gasteiger partial charge in [0.1, 0.15) is 0 Å². The molecule has 1 heterocycles. The van der Waals surface area contributed by atoms with Gasteiger partial charge in [-0.25, -0.2) is 0 Å². The number of nitrogens with zero attached hydrogens (tertiary/aromatic N) is 2. The molecule has 1 fully saturated rings. The predicted octanol–water partition coefficient (Wildman–Crippen LogP) is 2.20. The molecule has 14 heavy (non-hydrogen) atoms. The first-order chi connectivity index (χ1) is 6.77. The van der Waals surface area contributed by atoms with E-state index in [9.17, 15) is 0 Å². The lowest BCUT2D eigenvalue weighted by atomic mass is 10.1. The van der Waals surface area contributed by atoms with E-state index < -0.39 is 0 Å². The van der Waals surface area contributed by atoms with Crippen molar-refractivity contribution >= 4 is 12.8 Å². The normalized spacial score (nSPS) is 22.6. The largest absolute Gasteiger partial charge is 0.364 e. The Morgan fingerprint density at radius 1 is 1.29 bits per heavy atom. The third kappa shape index (κ3) is 1.98. The third-order valence-electron chi connectivity index (χ3n) is 2.66. The summed E-state index contributed by atoms with van der Waals surface area (Å²) in [5, 5.41) is 0. The Hall–Kier alpha value is -0.830. The molecule has 0 bridgehead atoms.